The summed E-state index contributed by atoms with van der Waals surface area (Å²) in [7, 11) is 0. The van der Waals surface area contributed by atoms with Crippen LogP contribution in [0.4, 0.5) is 10.1 Å². The van der Waals surface area contributed by atoms with Gasteiger partial charge in [-0.25, -0.2) is 4.39 Å². The van der Waals surface area contributed by atoms with E-state index in [1.54, 1.807) is 54.6 Å². The van der Waals surface area contributed by atoms with E-state index in [9.17, 15) is 14.4 Å². The Morgan fingerprint density at radius 1 is 1.04 bits per heavy atom. The van der Waals surface area contributed by atoms with Gasteiger partial charge in [0.2, 0.25) is 0 Å². The van der Waals surface area contributed by atoms with Gasteiger partial charge in [0.05, 0.1) is 16.8 Å². The van der Waals surface area contributed by atoms with Crippen molar-refractivity contribution in [3.05, 3.63) is 83.4 Å². The molecule has 0 saturated carbocycles. The molecule has 0 aliphatic rings. The highest BCUT2D eigenvalue weighted by Gasteiger charge is 2.14. The van der Waals surface area contributed by atoms with E-state index < -0.39 is 11.7 Å². The number of furan rings is 1. The Morgan fingerprint density at radius 3 is 2.52 bits per heavy atom. The summed E-state index contributed by atoms with van der Waals surface area (Å²) in [6, 6.07) is 19.4. The molecular weight excluding hydrogens is 345 g/mol. The Kier molecular flexibility index (Phi) is 5.11. The first-order chi connectivity index (χ1) is 13.1. The zero-order valence-electron chi connectivity index (χ0n) is 13.9. The van der Waals surface area contributed by atoms with Crippen LogP contribution in [-0.2, 0) is 4.79 Å². The molecule has 130 valence electrons. The first kappa shape index (κ1) is 17.7. The number of nitrogens with zero attached hydrogens (tertiary/aromatic N) is 2. The fraction of sp³-hybridized carbons (Fsp3) is 0. The average molecular weight is 357 g/mol. The van der Waals surface area contributed by atoms with Crippen LogP contribution in [0.25, 0.3) is 17.4 Å². The molecule has 1 amide bonds. The van der Waals surface area contributed by atoms with Crippen molar-refractivity contribution in [1.29, 1.82) is 10.5 Å². The molecule has 2 aromatic carbocycles. The van der Waals surface area contributed by atoms with E-state index in [0.717, 1.165) is 0 Å². The number of benzene rings is 2. The molecule has 0 aliphatic carbocycles. The van der Waals surface area contributed by atoms with Gasteiger partial charge in [0.1, 0.15) is 35.0 Å². The van der Waals surface area contributed by atoms with E-state index in [1.807, 2.05) is 6.07 Å². The third-order valence-corrected chi connectivity index (χ3v) is 3.71. The molecule has 0 spiro atoms. The van der Waals surface area contributed by atoms with Crippen LogP contribution in [0.15, 0.2) is 70.7 Å². The first-order valence-electron chi connectivity index (χ1n) is 7.89. The van der Waals surface area contributed by atoms with Crippen LogP contribution in [0.5, 0.6) is 0 Å². The zero-order valence-corrected chi connectivity index (χ0v) is 13.9. The smallest absolute Gasteiger partial charge is 0.266 e. The number of carbonyl (C=O) groups excluding carboxylic acids is 1. The van der Waals surface area contributed by atoms with Gasteiger partial charge in [0.15, 0.2) is 0 Å². The molecule has 27 heavy (non-hydrogen) atoms. The topological polar surface area (TPSA) is 89.8 Å². The second-order valence-corrected chi connectivity index (χ2v) is 5.46. The Hall–Kier alpha value is -4.16. The predicted octanol–water partition coefficient (Wildman–Crippen LogP) is 4.50. The molecule has 0 radical (unpaired) electrons. The van der Waals surface area contributed by atoms with Gasteiger partial charge in [-0.3, -0.25) is 4.79 Å². The Labute approximate surface area is 154 Å². The van der Waals surface area contributed by atoms with Crippen molar-refractivity contribution in [2.75, 3.05) is 5.32 Å². The molecule has 1 aromatic heterocycles. The maximum Gasteiger partial charge on any atom is 0.266 e. The molecule has 6 heteroatoms. The highest BCUT2D eigenvalue weighted by atomic mass is 19.1. The maximum absolute atomic E-state index is 13.8. The van der Waals surface area contributed by atoms with Crippen LogP contribution < -0.4 is 5.32 Å². The van der Waals surface area contributed by atoms with Crippen LogP contribution in [0.1, 0.15) is 11.3 Å². The molecule has 0 fully saturated rings. The van der Waals surface area contributed by atoms with Crippen LogP contribution in [0, 0.1) is 28.5 Å². The van der Waals surface area contributed by atoms with Gasteiger partial charge in [-0.15, -0.1) is 0 Å². The van der Waals surface area contributed by atoms with Gasteiger partial charge < -0.3 is 9.73 Å². The fourth-order valence-corrected chi connectivity index (χ4v) is 2.41. The molecular formula is C21H12FN3O2. The van der Waals surface area contributed by atoms with Gasteiger partial charge in [0, 0.05) is 6.08 Å². The summed E-state index contributed by atoms with van der Waals surface area (Å²) in [6.07, 6.45) is 1.26. The van der Waals surface area contributed by atoms with Crippen molar-refractivity contribution >= 4 is 17.7 Å². The number of carbonyl (C=O) groups is 1. The molecule has 0 bridgehead atoms. The lowest BCUT2D eigenvalue weighted by Gasteiger charge is -2.05. The highest BCUT2D eigenvalue weighted by molar-refractivity contribution is 6.10. The number of hydrogen-bond donors (Lipinski definition) is 1. The van der Waals surface area contributed by atoms with Gasteiger partial charge >= 0.3 is 0 Å². The van der Waals surface area contributed by atoms with Crippen molar-refractivity contribution in [2.24, 2.45) is 0 Å². The lowest BCUT2D eigenvalue weighted by atomic mass is 10.1. The van der Waals surface area contributed by atoms with Crippen molar-refractivity contribution < 1.29 is 13.6 Å². The van der Waals surface area contributed by atoms with Gasteiger partial charge in [-0.1, -0.05) is 24.3 Å². The van der Waals surface area contributed by atoms with E-state index in [1.165, 1.54) is 18.2 Å². The average Bonchev–Trinajstić information content (AvgIpc) is 3.15. The predicted molar refractivity (Wildman–Crippen MR) is 97.5 cm³/mol. The van der Waals surface area contributed by atoms with E-state index >= 15 is 0 Å². The molecule has 0 aliphatic heterocycles. The van der Waals surface area contributed by atoms with Crippen LogP contribution >= 0.6 is 0 Å². The normalized spacial score (nSPS) is 10.7. The molecule has 0 unspecified atom stereocenters. The molecule has 0 saturated heterocycles. The molecule has 1 heterocycles. The molecule has 3 aromatic rings. The quantitative estimate of drug-likeness (QED) is 0.550. The number of nitriles is 2. The summed E-state index contributed by atoms with van der Waals surface area (Å²) < 4.78 is 19.4. The summed E-state index contributed by atoms with van der Waals surface area (Å²) in [5, 5.41) is 20.9. The lowest BCUT2D eigenvalue weighted by molar-refractivity contribution is -0.112. The van der Waals surface area contributed by atoms with Crippen molar-refractivity contribution in [2.45, 2.75) is 0 Å². The monoisotopic (exact) mass is 357 g/mol. The fourth-order valence-electron chi connectivity index (χ4n) is 2.41. The Bertz CT molecular complexity index is 1120. The number of amides is 1. The minimum atomic E-state index is -0.677. The Morgan fingerprint density at radius 2 is 1.78 bits per heavy atom. The lowest BCUT2D eigenvalue weighted by Crippen LogP contribution is -2.14. The third-order valence-electron chi connectivity index (χ3n) is 3.71. The molecule has 5 nitrogen and oxygen atoms in total. The number of hydrogen-bond acceptors (Lipinski definition) is 4. The van der Waals surface area contributed by atoms with Gasteiger partial charge in [0.25, 0.3) is 5.91 Å². The number of para-hydroxylation sites is 1. The second kappa shape index (κ2) is 7.81. The second-order valence-electron chi connectivity index (χ2n) is 5.46. The summed E-state index contributed by atoms with van der Waals surface area (Å²) in [4.78, 5) is 12.3. The third kappa shape index (κ3) is 3.92. The number of rotatable bonds is 4. The molecule has 0 atom stereocenters. The first-order valence-corrected chi connectivity index (χ1v) is 7.89. The minimum Gasteiger partial charge on any atom is -0.457 e. The van der Waals surface area contributed by atoms with Crippen molar-refractivity contribution in [1.82, 2.24) is 0 Å². The standard InChI is InChI=1S/C21H12FN3O2/c22-18-7-3-2-6-17(18)20-10-9-16(27-20)11-15(13-24)21(26)25-19-8-4-1-5-14(19)12-23/h1-11H,(H,25,26)/b15-11+. The summed E-state index contributed by atoms with van der Waals surface area (Å²) in [5.41, 5.74) is 0.654. The van der Waals surface area contributed by atoms with E-state index in [0.29, 0.717) is 5.69 Å². The van der Waals surface area contributed by atoms with Gasteiger partial charge in [-0.2, -0.15) is 10.5 Å². The van der Waals surface area contributed by atoms with Crippen LogP contribution in [0.3, 0.4) is 0 Å². The van der Waals surface area contributed by atoms with Crippen LogP contribution in [-0.4, -0.2) is 5.91 Å². The Balaban J connectivity index is 1.85. The number of anilines is 1. The van der Waals surface area contributed by atoms with Gasteiger partial charge in [-0.05, 0) is 36.4 Å². The molecule has 3 rings (SSSR count). The largest absolute Gasteiger partial charge is 0.457 e. The summed E-state index contributed by atoms with van der Waals surface area (Å²) in [6.45, 7) is 0. The SMILES string of the molecule is N#C/C(=C\c1ccc(-c2ccccc2F)o1)C(=O)Nc1ccccc1C#N. The summed E-state index contributed by atoms with van der Waals surface area (Å²) in [5.74, 6) is -0.599. The van der Waals surface area contributed by atoms with Crippen molar-refractivity contribution in [3.63, 3.8) is 0 Å². The minimum absolute atomic E-state index is 0.211. The number of halogens is 1. The summed E-state index contributed by atoms with van der Waals surface area (Å²) >= 11 is 0. The molecule has 1 N–H and O–H groups in total. The highest BCUT2D eigenvalue weighted by Crippen LogP contribution is 2.26. The number of nitrogens with one attached hydrogen (secondary N) is 1. The van der Waals surface area contributed by atoms with E-state index in [4.69, 9.17) is 9.68 Å². The van der Waals surface area contributed by atoms with Crippen molar-refractivity contribution in [3.8, 4) is 23.5 Å². The van der Waals surface area contributed by atoms with Crippen LogP contribution in [0.2, 0.25) is 0 Å². The van der Waals surface area contributed by atoms with E-state index in [-0.39, 0.29) is 28.2 Å². The zero-order chi connectivity index (χ0) is 19.2. The maximum atomic E-state index is 13.8. The van der Waals surface area contributed by atoms with E-state index in [2.05, 4.69) is 5.32 Å².